The monoisotopic (exact) mass is 504 g/mol. The lowest BCUT2D eigenvalue weighted by molar-refractivity contribution is -0.142. The van der Waals surface area contributed by atoms with Crippen LogP contribution in [0, 0.1) is 11.3 Å². The number of aromatic nitrogens is 2. The fraction of sp³-hybridized carbons (Fsp3) is 0.692. The lowest BCUT2D eigenvalue weighted by Gasteiger charge is -2.41. The van der Waals surface area contributed by atoms with Crippen molar-refractivity contribution in [3.8, 4) is 0 Å². The third-order valence-corrected chi connectivity index (χ3v) is 8.22. The van der Waals surface area contributed by atoms with Crippen molar-refractivity contribution < 1.29 is 17.9 Å². The van der Waals surface area contributed by atoms with Crippen molar-refractivity contribution in [3.63, 3.8) is 0 Å². The smallest absolute Gasteiger partial charge is 0.227 e. The van der Waals surface area contributed by atoms with E-state index in [9.17, 15) is 13.2 Å². The normalized spacial score (nSPS) is 26.3. The van der Waals surface area contributed by atoms with Crippen molar-refractivity contribution >= 4 is 26.8 Å². The van der Waals surface area contributed by atoms with E-state index >= 15 is 0 Å². The van der Waals surface area contributed by atoms with Crippen LogP contribution in [0.5, 0.6) is 0 Å². The molecule has 0 unspecified atom stereocenters. The van der Waals surface area contributed by atoms with E-state index < -0.39 is 15.4 Å². The Morgan fingerprint density at radius 1 is 1.17 bits per heavy atom. The number of aryl methyl sites for hydroxylation is 1. The largest absolute Gasteiger partial charge is 0.378 e. The van der Waals surface area contributed by atoms with Crippen molar-refractivity contribution in [1.29, 1.82) is 0 Å². The van der Waals surface area contributed by atoms with Gasteiger partial charge in [-0.25, -0.2) is 13.1 Å². The molecule has 1 aromatic carbocycles. The van der Waals surface area contributed by atoms with Gasteiger partial charge in [0.05, 0.1) is 30.7 Å². The molecule has 194 valence electrons. The fourth-order valence-electron chi connectivity index (χ4n) is 5.55. The second-order valence-electron chi connectivity index (χ2n) is 11.4. The molecule has 35 heavy (non-hydrogen) atoms. The summed E-state index contributed by atoms with van der Waals surface area (Å²) >= 11 is 0. The van der Waals surface area contributed by atoms with E-state index in [1.807, 2.05) is 43.6 Å². The van der Waals surface area contributed by atoms with Crippen LogP contribution < -0.4 is 4.72 Å². The molecule has 8 nitrogen and oxygen atoms in total. The van der Waals surface area contributed by atoms with Crippen molar-refractivity contribution in [2.45, 2.75) is 70.9 Å². The number of rotatable bonds is 6. The number of carbonyl (C=O) groups is 1. The number of nitrogens with zero attached hydrogens (tertiary/aromatic N) is 3. The number of fused-ring (bicyclic) bond motifs is 1. The third-order valence-electron chi connectivity index (χ3n) is 7.49. The lowest BCUT2D eigenvalue weighted by atomic mass is 9.82. The first-order chi connectivity index (χ1) is 16.4. The van der Waals surface area contributed by atoms with Gasteiger partial charge in [0.1, 0.15) is 0 Å². The molecule has 1 aliphatic heterocycles. The number of sulfonamides is 1. The maximum atomic E-state index is 12.9. The van der Waals surface area contributed by atoms with Gasteiger partial charge in [-0.05, 0) is 55.7 Å². The Bertz CT molecular complexity index is 1150. The van der Waals surface area contributed by atoms with Crippen molar-refractivity contribution in [1.82, 2.24) is 19.4 Å². The van der Waals surface area contributed by atoms with Gasteiger partial charge in [-0.2, -0.15) is 5.10 Å². The molecule has 1 amide bonds. The molecule has 1 aliphatic carbocycles. The van der Waals surface area contributed by atoms with Gasteiger partial charge in [-0.15, -0.1) is 0 Å². The number of ether oxygens (including phenoxy) is 1. The summed E-state index contributed by atoms with van der Waals surface area (Å²) in [5.41, 5.74) is 2.05. The summed E-state index contributed by atoms with van der Waals surface area (Å²) in [6.45, 7) is 7.30. The van der Waals surface area contributed by atoms with Gasteiger partial charge in [-0.1, -0.05) is 26.8 Å². The molecule has 0 spiro atoms. The van der Waals surface area contributed by atoms with Crippen LogP contribution in [0.15, 0.2) is 24.4 Å². The SMILES string of the molecule is Cn1ncc2cc(C3CCC(OC[C@@H]4CN(C(=O)C(C)(C)C)CC[C@@H]4NS(C)(=O)=O)CC3)ccc21. The van der Waals surface area contributed by atoms with Gasteiger partial charge in [0, 0.05) is 42.9 Å². The van der Waals surface area contributed by atoms with Crippen LogP contribution in [0.1, 0.15) is 64.4 Å². The van der Waals surface area contributed by atoms with E-state index in [2.05, 4.69) is 28.0 Å². The van der Waals surface area contributed by atoms with Crippen molar-refractivity contribution in [2.24, 2.45) is 18.4 Å². The highest BCUT2D eigenvalue weighted by Gasteiger charge is 2.37. The zero-order valence-corrected chi connectivity index (χ0v) is 22.5. The highest BCUT2D eigenvalue weighted by atomic mass is 32.2. The van der Waals surface area contributed by atoms with Crippen molar-refractivity contribution in [3.05, 3.63) is 30.0 Å². The van der Waals surface area contributed by atoms with Crippen LogP contribution in [0.25, 0.3) is 10.9 Å². The summed E-state index contributed by atoms with van der Waals surface area (Å²) in [6.07, 6.45) is 8.00. The van der Waals surface area contributed by atoms with E-state index in [1.54, 1.807) is 0 Å². The maximum Gasteiger partial charge on any atom is 0.227 e. The van der Waals surface area contributed by atoms with E-state index in [1.165, 1.54) is 17.2 Å². The Kier molecular flexibility index (Phi) is 7.60. The standard InChI is InChI=1S/C26H40N4O4S/c1-26(2,3)25(31)30-13-12-23(28-35(5,32)33)21(16-30)17-34-22-9-6-18(7-10-22)19-8-11-24-20(14-19)15-27-29(24)4/h8,11,14-15,18,21-23,28H,6-7,9-10,12-13,16-17H2,1-5H3/t18?,21-,22?,23-/m0/s1. The average molecular weight is 505 g/mol. The van der Waals surface area contributed by atoms with Crippen molar-refractivity contribution in [2.75, 3.05) is 26.0 Å². The summed E-state index contributed by atoms with van der Waals surface area (Å²) in [5.74, 6) is 0.565. The number of hydrogen-bond donors (Lipinski definition) is 1. The Labute approximate surface area is 209 Å². The molecule has 2 fully saturated rings. The number of benzene rings is 1. The Morgan fingerprint density at radius 3 is 2.54 bits per heavy atom. The zero-order valence-electron chi connectivity index (χ0n) is 21.7. The second kappa shape index (κ2) is 10.2. The number of amides is 1. The highest BCUT2D eigenvalue weighted by molar-refractivity contribution is 7.88. The number of carbonyl (C=O) groups excluding carboxylic acids is 1. The highest BCUT2D eigenvalue weighted by Crippen LogP contribution is 2.35. The summed E-state index contributed by atoms with van der Waals surface area (Å²) in [6, 6.07) is 6.43. The molecule has 2 aliphatic rings. The number of nitrogens with one attached hydrogen (secondary N) is 1. The van der Waals surface area contributed by atoms with E-state index in [0.717, 1.165) is 31.2 Å². The van der Waals surface area contributed by atoms with E-state index in [4.69, 9.17) is 4.74 Å². The summed E-state index contributed by atoms with van der Waals surface area (Å²) in [4.78, 5) is 14.7. The second-order valence-corrected chi connectivity index (χ2v) is 13.2. The fourth-order valence-corrected chi connectivity index (χ4v) is 6.41. The minimum atomic E-state index is -3.33. The first-order valence-corrected chi connectivity index (χ1v) is 14.6. The van der Waals surface area contributed by atoms with Gasteiger partial charge in [0.25, 0.3) is 0 Å². The lowest BCUT2D eigenvalue weighted by Crippen LogP contribution is -2.55. The quantitative estimate of drug-likeness (QED) is 0.651. The van der Waals surface area contributed by atoms with Gasteiger partial charge in [0.15, 0.2) is 0 Å². The molecular weight excluding hydrogens is 464 g/mol. The number of piperidine rings is 1. The Balaban J connectivity index is 1.34. The van der Waals surface area contributed by atoms with Crippen LogP contribution in [0.4, 0.5) is 0 Å². The van der Waals surface area contributed by atoms with E-state index in [-0.39, 0.29) is 24.0 Å². The zero-order chi connectivity index (χ0) is 25.4. The number of likely N-dealkylation sites (tertiary alicyclic amines) is 1. The third kappa shape index (κ3) is 6.43. The molecule has 4 rings (SSSR count). The summed E-state index contributed by atoms with van der Waals surface area (Å²) in [5, 5.41) is 5.53. The average Bonchev–Trinajstić information content (AvgIpc) is 3.17. The number of hydrogen-bond acceptors (Lipinski definition) is 5. The minimum absolute atomic E-state index is 0.0597. The van der Waals surface area contributed by atoms with Gasteiger partial charge >= 0.3 is 0 Å². The Hall–Kier alpha value is -1.97. The van der Waals surface area contributed by atoms with Crippen LogP contribution >= 0.6 is 0 Å². The van der Waals surface area contributed by atoms with Crippen LogP contribution in [-0.2, 0) is 26.6 Å². The van der Waals surface area contributed by atoms with Crippen LogP contribution in [0.2, 0.25) is 0 Å². The summed E-state index contributed by atoms with van der Waals surface area (Å²) in [7, 11) is -1.37. The first kappa shape index (κ1) is 26.1. The van der Waals surface area contributed by atoms with E-state index in [0.29, 0.717) is 32.0 Å². The molecule has 2 atom stereocenters. The minimum Gasteiger partial charge on any atom is -0.378 e. The topological polar surface area (TPSA) is 93.5 Å². The molecule has 0 bridgehead atoms. The molecule has 2 heterocycles. The van der Waals surface area contributed by atoms with Gasteiger partial charge < -0.3 is 9.64 Å². The van der Waals surface area contributed by atoms with Gasteiger partial charge in [-0.3, -0.25) is 9.48 Å². The summed E-state index contributed by atoms with van der Waals surface area (Å²) < 4.78 is 34.9. The molecule has 2 aromatic rings. The predicted octanol–water partition coefficient (Wildman–Crippen LogP) is 3.43. The molecule has 1 N–H and O–H groups in total. The molecule has 1 saturated carbocycles. The molecular formula is C26H40N4O4S. The predicted molar refractivity (Wildman–Crippen MR) is 138 cm³/mol. The molecule has 1 aromatic heterocycles. The van der Waals surface area contributed by atoms with Gasteiger partial charge in [0.2, 0.25) is 15.9 Å². The molecule has 9 heteroatoms. The molecule has 1 saturated heterocycles. The molecule has 0 radical (unpaired) electrons. The van der Waals surface area contributed by atoms with Crippen LogP contribution in [0.3, 0.4) is 0 Å². The first-order valence-electron chi connectivity index (χ1n) is 12.7. The van der Waals surface area contributed by atoms with Crippen LogP contribution in [-0.4, -0.2) is 67.1 Å². The maximum absolute atomic E-state index is 12.9. The Morgan fingerprint density at radius 2 is 1.89 bits per heavy atom.